The van der Waals surface area contributed by atoms with Crippen molar-refractivity contribution in [2.24, 2.45) is 11.0 Å². The van der Waals surface area contributed by atoms with Crippen molar-refractivity contribution in [2.45, 2.75) is 12.8 Å². The second kappa shape index (κ2) is 7.43. The van der Waals surface area contributed by atoms with Crippen LogP contribution in [0.1, 0.15) is 24.0 Å². The molecule has 2 N–H and O–H groups in total. The second-order valence-corrected chi connectivity index (χ2v) is 6.04. The number of nitrogens with zero attached hydrogens (tertiary/aromatic N) is 1. The van der Waals surface area contributed by atoms with Crippen molar-refractivity contribution in [1.82, 2.24) is 10.7 Å². The number of hydrogen-bond acceptors (Lipinski definition) is 3. The third kappa shape index (κ3) is 3.61. The molecule has 134 valence electrons. The van der Waals surface area contributed by atoms with E-state index in [-0.39, 0.29) is 11.8 Å². The average molecular weight is 357 g/mol. The molecule has 2 aromatic carbocycles. The highest BCUT2D eigenvalue weighted by atomic mass is 19.2. The van der Waals surface area contributed by atoms with Gasteiger partial charge in [0.2, 0.25) is 5.91 Å². The normalized spacial score (nSPS) is 20.0. The summed E-state index contributed by atoms with van der Waals surface area (Å²) in [6, 6.07) is 12.6. The third-order valence-corrected chi connectivity index (χ3v) is 4.36. The topological polar surface area (TPSA) is 70.6 Å². The smallest absolute Gasteiger partial charge is 0.253 e. The molecule has 5 nitrogen and oxygen atoms in total. The van der Waals surface area contributed by atoms with E-state index in [9.17, 15) is 18.4 Å². The van der Waals surface area contributed by atoms with Crippen LogP contribution < -0.4 is 10.7 Å². The van der Waals surface area contributed by atoms with Crippen LogP contribution in [-0.4, -0.2) is 24.1 Å². The number of benzene rings is 2. The predicted molar refractivity (Wildman–Crippen MR) is 92.4 cm³/mol. The monoisotopic (exact) mass is 357 g/mol. The Balaban J connectivity index is 1.75. The first-order chi connectivity index (χ1) is 12.5. The number of carbonyl (C=O) groups is 2. The molecular weight excluding hydrogens is 340 g/mol. The third-order valence-electron chi connectivity index (χ3n) is 4.36. The van der Waals surface area contributed by atoms with E-state index in [1.165, 1.54) is 6.07 Å². The van der Waals surface area contributed by atoms with Gasteiger partial charge < -0.3 is 5.32 Å². The van der Waals surface area contributed by atoms with E-state index in [1.54, 1.807) is 6.92 Å². The van der Waals surface area contributed by atoms with Gasteiger partial charge in [0.25, 0.3) is 5.91 Å². The summed E-state index contributed by atoms with van der Waals surface area (Å²) in [7, 11) is 0. The summed E-state index contributed by atoms with van der Waals surface area (Å²) >= 11 is 0. The molecule has 3 rings (SSSR count). The van der Waals surface area contributed by atoms with Gasteiger partial charge in [0.05, 0.1) is 5.71 Å². The highest BCUT2D eigenvalue weighted by molar-refractivity contribution is 6.04. The van der Waals surface area contributed by atoms with Crippen LogP contribution in [0.15, 0.2) is 53.6 Å². The Hall–Kier alpha value is -3.09. The lowest BCUT2D eigenvalue weighted by atomic mass is 9.88. The van der Waals surface area contributed by atoms with Crippen LogP contribution in [0.2, 0.25) is 0 Å². The Morgan fingerprint density at radius 3 is 2.58 bits per heavy atom. The van der Waals surface area contributed by atoms with Crippen LogP contribution in [0.4, 0.5) is 8.78 Å². The quantitative estimate of drug-likeness (QED) is 0.501. The Bertz CT molecular complexity index is 868. The first-order valence-corrected chi connectivity index (χ1v) is 8.09. The van der Waals surface area contributed by atoms with Gasteiger partial charge >= 0.3 is 0 Å². The largest absolute Gasteiger partial charge is 0.355 e. The zero-order valence-corrected chi connectivity index (χ0v) is 14.0. The molecule has 2 amide bonds. The number of nitrogens with one attached hydrogen (secondary N) is 2. The molecule has 2 aromatic rings. The van der Waals surface area contributed by atoms with E-state index in [2.05, 4.69) is 15.8 Å². The highest BCUT2D eigenvalue weighted by Crippen LogP contribution is 2.29. The number of halogens is 2. The molecular formula is C19H17F2N3O2. The van der Waals surface area contributed by atoms with Crippen molar-refractivity contribution in [3.8, 4) is 0 Å². The zero-order valence-electron chi connectivity index (χ0n) is 14.0. The SMILES string of the molecule is C/C(=N/NC(=O)C1C(=O)NCC1c1ccccc1)c1ccc(F)c(F)c1. The summed E-state index contributed by atoms with van der Waals surface area (Å²) in [5.41, 5.74) is 3.87. The van der Waals surface area contributed by atoms with Gasteiger partial charge in [-0.25, -0.2) is 14.2 Å². The van der Waals surface area contributed by atoms with Crippen LogP contribution >= 0.6 is 0 Å². The molecule has 0 bridgehead atoms. The first-order valence-electron chi connectivity index (χ1n) is 8.09. The summed E-state index contributed by atoms with van der Waals surface area (Å²) in [6.45, 7) is 1.92. The van der Waals surface area contributed by atoms with E-state index >= 15 is 0 Å². The molecule has 1 saturated heterocycles. The minimum atomic E-state index is -0.998. The number of carbonyl (C=O) groups excluding carboxylic acids is 2. The van der Waals surface area contributed by atoms with Gasteiger partial charge in [-0.05, 0) is 30.7 Å². The summed E-state index contributed by atoms with van der Waals surface area (Å²) in [5.74, 6) is -4.06. The molecule has 1 fully saturated rings. The molecule has 2 unspecified atom stereocenters. The van der Waals surface area contributed by atoms with Gasteiger partial charge in [0.1, 0.15) is 5.92 Å². The van der Waals surface area contributed by atoms with Crippen molar-refractivity contribution >= 4 is 17.5 Å². The van der Waals surface area contributed by atoms with E-state index in [0.717, 1.165) is 17.7 Å². The fourth-order valence-corrected chi connectivity index (χ4v) is 2.93. The van der Waals surface area contributed by atoms with E-state index in [1.807, 2.05) is 30.3 Å². The highest BCUT2D eigenvalue weighted by Gasteiger charge is 2.40. The zero-order chi connectivity index (χ0) is 18.7. The fraction of sp³-hybridized carbons (Fsp3) is 0.211. The number of amides is 2. The molecule has 0 aromatic heterocycles. The summed E-state index contributed by atoms with van der Waals surface area (Å²) in [6.07, 6.45) is 0. The maximum atomic E-state index is 13.3. The van der Waals surface area contributed by atoms with Crippen molar-refractivity contribution in [2.75, 3.05) is 6.54 Å². The molecule has 1 aliphatic heterocycles. The van der Waals surface area contributed by atoms with Gasteiger partial charge in [-0.1, -0.05) is 30.3 Å². The van der Waals surface area contributed by atoms with E-state index in [4.69, 9.17) is 0 Å². The standard InChI is InChI=1S/C19H17F2N3O2/c1-11(13-7-8-15(20)16(21)9-13)23-24-19(26)17-14(10-22-18(17)25)12-5-3-2-4-6-12/h2-9,14,17H,10H2,1H3,(H,22,25)(H,24,26)/b23-11-. The molecule has 7 heteroatoms. The summed E-state index contributed by atoms with van der Waals surface area (Å²) in [4.78, 5) is 24.6. The fourth-order valence-electron chi connectivity index (χ4n) is 2.93. The summed E-state index contributed by atoms with van der Waals surface area (Å²) in [5, 5.41) is 6.61. The van der Waals surface area contributed by atoms with Gasteiger partial charge in [0.15, 0.2) is 11.6 Å². The Morgan fingerprint density at radius 1 is 1.15 bits per heavy atom. The molecule has 1 aliphatic rings. The molecule has 2 atom stereocenters. The minimum absolute atomic E-state index is 0.289. The van der Waals surface area contributed by atoms with Crippen LogP contribution in [0.3, 0.4) is 0 Å². The number of hydrogen-bond donors (Lipinski definition) is 2. The van der Waals surface area contributed by atoms with Crippen LogP contribution in [0, 0.1) is 17.6 Å². The van der Waals surface area contributed by atoms with Gasteiger partial charge in [0, 0.05) is 18.0 Å². The molecule has 0 aliphatic carbocycles. The van der Waals surface area contributed by atoms with E-state index in [0.29, 0.717) is 17.8 Å². The molecule has 1 heterocycles. The van der Waals surface area contributed by atoms with Crippen molar-refractivity contribution in [3.63, 3.8) is 0 Å². The van der Waals surface area contributed by atoms with Crippen molar-refractivity contribution in [3.05, 3.63) is 71.3 Å². The van der Waals surface area contributed by atoms with Gasteiger partial charge in [-0.2, -0.15) is 5.10 Å². The summed E-state index contributed by atoms with van der Waals surface area (Å²) < 4.78 is 26.3. The molecule has 0 radical (unpaired) electrons. The Kier molecular flexibility index (Phi) is 5.06. The van der Waals surface area contributed by atoms with Gasteiger partial charge in [-0.15, -0.1) is 0 Å². The maximum Gasteiger partial charge on any atom is 0.253 e. The number of rotatable bonds is 4. The first kappa shape index (κ1) is 17.7. The van der Waals surface area contributed by atoms with Crippen LogP contribution in [0.5, 0.6) is 0 Å². The van der Waals surface area contributed by atoms with Crippen LogP contribution in [0.25, 0.3) is 0 Å². The number of hydrazone groups is 1. The van der Waals surface area contributed by atoms with Gasteiger partial charge in [-0.3, -0.25) is 9.59 Å². The second-order valence-electron chi connectivity index (χ2n) is 6.04. The molecule has 26 heavy (non-hydrogen) atoms. The lowest BCUT2D eigenvalue weighted by Gasteiger charge is -2.15. The van der Waals surface area contributed by atoms with Crippen molar-refractivity contribution < 1.29 is 18.4 Å². The Labute approximate surface area is 149 Å². The maximum absolute atomic E-state index is 13.3. The molecule has 0 spiro atoms. The van der Waals surface area contributed by atoms with Crippen molar-refractivity contribution in [1.29, 1.82) is 0 Å². The Morgan fingerprint density at radius 2 is 1.88 bits per heavy atom. The van der Waals surface area contributed by atoms with Crippen LogP contribution in [-0.2, 0) is 9.59 Å². The van der Waals surface area contributed by atoms with E-state index < -0.39 is 23.5 Å². The minimum Gasteiger partial charge on any atom is -0.355 e. The lowest BCUT2D eigenvalue weighted by molar-refractivity contribution is -0.133. The average Bonchev–Trinajstić information content (AvgIpc) is 3.04. The molecule has 0 saturated carbocycles. The lowest BCUT2D eigenvalue weighted by Crippen LogP contribution is -2.35. The predicted octanol–water partition coefficient (Wildman–Crippen LogP) is 2.33.